The molecule has 0 N–H and O–H groups in total. The average molecular weight is 242 g/mol. The molecule has 3 heteroatoms. The van der Waals surface area contributed by atoms with Gasteiger partial charge in [0.2, 0.25) is 0 Å². The van der Waals surface area contributed by atoms with Gasteiger partial charge in [0.1, 0.15) is 17.1 Å². The van der Waals surface area contributed by atoms with Crippen LogP contribution in [0.3, 0.4) is 0 Å². The topological polar surface area (TPSA) is 39.4 Å². The Kier molecular flexibility index (Phi) is 2.30. The number of aryl methyl sites for hydroxylation is 1. The quantitative estimate of drug-likeness (QED) is 0.772. The molecule has 18 heavy (non-hydrogen) atoms. The van der Waals surface area contributed by atoms with Gasteiger partial charge in [-0.05, 0) is 19.4 Å². The van der Waals surface area contributed by atoms with Crippen LogP contribution >= 0.6 is 0 Å². The molecule has 0 saturated carbocycles. The molecule has 0 radical (unpaired) electrons. The Balaban J connectivity index is 2.07. The maximum atomic E-state index is 11.8. The largest absolute Gasteiger partial charge is 0.482 e. The molecule has 2 aromatic rings. The normalized spacial score (nSPS) is 21.4. The Morgan fingerprint density at radius 1 is 1.22 bits per heavy atom. The standard InChI is InChI=1S/C15H14O3/c1-10-8-13-12(14(16)17-10)9-15(2,18-13)11-6-4-3-5-7-11/h3-8H,9H2,1-2H3. The zero-order valence-corrected chi connectivity index (χ0v) is 10.4. The summed E-state index contributed by atoms with van der Waals surface area (Å²) in [6, 6.07) is 11.7. The Hall–Kier alpha value is -2.03. The van der Waals surface area contributed by atoms with Crippen LogP contribution in [0.25, 0.3) is 0 Å². The Morgan fingerprint density at radius 2 is 1.94 bits per heavy atom. The lowest BCUT2D eigenvalue weighted by molar-refractivity contribution is 0.115. The second-order valence-corrected chi connectivity index (χ2v) is 4.86. The molecule has 1 aromatic heterocycles. The molecule has 2 heterocycles. The molecule has 0 bridgehead atoms. The predicted octanol–water partition coefficient (Wildman–Crippen LogP) is 2.80. The van der Waals surface area contributed by atoms with E-state index in [0.717, 1.165) is 5.56 Å². The van der Waals surface area contributed by atoms with Gasteiger partial charge in [-0.1, -0.05) is 30.3 Å². The lowest BCUT2D eigenvalue weighted by atomic mass is 9.91. The van der Waals surface area contributed by atoms with Gasteiger partial charge < -0.3 is 9.15 Å². The first-order valence-electron chi connectivity index (χ1n) is 5.97. The summed E-state index contributed by atoms with van der Waals surface area (Å²) in [5, 5.41) is 0. The van der Waals surface area contributed by atoms with Crippen LogP contribution in [0.15, 0.2) is 45.6 Å². The van der Waals surface area contributed by atoms with Crippen molar-refractivity contribution >= 4 is 0 Å². The molecule has 1 aliphatic rings. The monoisotopic (exact) mass is 242 g/mol. The van der Waals surface area contributed by atoms with Gasteiger partial charge >= 0.3 is 5.63 Å². The van der Waals surface area contributed by atoms with E-state index in [4.69, 9.17) is 9.15 Å². The highest BCUT2D eigenvalue weighted by Crippen LogP contribution is 2.39. The number of hydrogen-bond acceptors (Lipinski definition) is 3. The fourth-order valence-corrected chi connectivity index (χ4v) is 2.43. The third-order valence-electron chi connectivity index (χ3n) is 3.37. The van der Waals surface area contributed by atoms with Crippen LogP contribution in [-0.2, 0) is 12.0 Å². The molecular formula is C15H14O3. The molecule has 0 spiro atoms. The lowest BCUT2D eigenvalue weighted by Crippen LogP contribution is -2.27. The Bertz CT molecular complexity index is 643. The molecule has 3 rings (SSSR count). The summed E-state index contributed by atoms with van der Waals surface area (Å²) in [5.74, 6) is 1.23. The van der Waals surface area contributed by atoms with Gasteiger partial charge in [0.15, 0.2) is 0 Å². The smallest absolute Gasteiger partial charge is 0.343 e. The third kappa shape index (κ3) is 1.63. The predicted molar refractivity (Wildman–Crippen MR) is 67.8 cm³/mol. The van der Waals surface area contributed by atoms with Gasteiger partial charge in [0.25, 0.3) is 0 Å². The summed E-state index contributed by atoms with van der Waals surface area (Å²) in [6.07, 6.45) is 0.551. The van der Waals surface area contributed by atoms with Gasteiger partial charge in [-0.2, -0.15) is 0 Å². The molecular weight excluding hydrogens is 228 g/mol. The van der Waals surface area contributed by atoms with Crippen LogP contribution < -0.4 is 10.4 Å². The molecule has 1 atom stereocenters. The average Bonchev–Trinajstić information content (AvgIpc) is 2.69. The van der Waals surface area contributed by atoms with Gasteiger partial charge in [0, 0.05) is 12.5 Å². The molecule has 1 unspecified atom stereocenters. The molecule has 3 nitrogen and oxygen atoms in total. The summed E-state index contributed by atoms with van der Waals surface area (Å²) in [7, 11) is 0. The first-order valence-corrected chi connectivity index (χ1v) is 5.97. The minimum Gasteiger partial charge on any atom is -0.482 e. The van der Waals surface area contributed by atoms with Crippen molar-refractivity contribution in [2.75, 3.05) is 0 Å². The van der Waals surface area contributed by atoms with Crippen molar-refractivity contribution in [1.29, 1.82) is 0 Å². The van der Waals surface area contributed by atoms with Crippen molar-refractivity contribution in [2.45, 2.75) is 25.9 Å². The van der Waals surface area contributed by atoms with Gasteiger partial charge in [-0.25, -0.2) is 4.79 Å². The third-order valence-corrected chi connectivity index (χ3v) is 3.37. The van der Waals surface area contributed by atoms with Crippen molar-refractivity contribution in [2.24, 2.45) is 0 Å². The fraction of sp³-hybridized carbons (Fsp3) is 0.267. The summed E-state index contributed by atoms with van der Waals surface area (Å²) >= 11 is 0. The number of fused-ring (bicyclic) bond motifs is 1. The van der Waals surface area contributed by atoms with Crippen molar-refractivity contribution in [3.63, 3.8) is 0 Å². The van der Waals surface area contributed by atoms with E-state index >= 15 is 0 Å². The lowest BCUT2D eigenvalue weighted by Gasteiger charge is -2.24. The Morgan fingerprint density at radius 3 is 2.67 bits per heavy atom. The Labute approximate surface area is 105 Å². The van der Waals surface area contributed by atoms with Gasteiger partial charge in [-0.15, -0.1) is 0 Å². The first-order chi connectivity index (χ1) is 8.58. The van der Waals surface area contributed by atoms with E-state index < -0.39 is 5.60 Å². The highest BCUT2D eigenvalue weighted by Gasteiger charge is 2.38. The second-order valence-electron chi connectivity index (χ2n) is 4.86. The van der Waals surface area contributed by atoms with E-state index in [-0.39, 0.29) is 5.63 Å². The van der Waals surface area contributed by atoms with E-state index in [9.17, 15) is 4.79 Å². The number of rotatable bonds is 1. The second kappa shape index (κ2) is 3.73. The molecule has 0 aliphatic carbocycles. The molecule has 92 valence electrons. The van der Waals surface area contributed by atoms with E-state index in [1.807, 2.05) is 37.3 Å². The SMILES string of the molecule is Cc1cc2c(c(=O)o1)CC(C)(c1ccccc1)O2. The van der Waals surface area contributed by atoms with Crippen LogP contribution in [0, 0.1) is 6.92 Å². The van der Waals surface area contributed by atoms with Gasteiger partial charge in [0.05, 0.1) is 5.56 Å². The minimum atomic E-state index is -0.480. The first kappa shape index (κ1) is 11.1. The number of hydrogen-bond donors (Lipinski definition) is 0. The maximum absolute atomic E-state index is 11.8. The molecule has 0 amide bonds. The van der Waals surface area contributed by atoms with Crippen LogP contribution in [0.4, 0.5) is 0 Å². The van der Waals surface area contributed by atoms with E-state index in [1.165, 1.54) is 0 Å². The summed E-state index contributed by atoms with van der Waals surface area (Å²) in [6.45, 7) is 3.75. The van der Waals surface area contributed by atoms with Crippen LogP contribution in [0.5, 0.6) is 5.75 Å². The zero-order chi connectivity index (χ0) is 12.8. The summed E-state index contributed by atoms with van der Waals surface area (Å²) < 4.78 is 11.1. The van der Waals surface area contributed by atoms with Gasteiger partial charge in [-0.3, -0.25) is 0 Å². The summed E-state index contributed by atoms with van der Waals surface area (Å²) in [5.41, 5.74) is 0.932. The van der Waals surface area contributed by atoms with E-state index in [1.54, 1.807) is 13.0 Å². The molecule has 1 aliphatic heterocycles. The molecule has 0 fully saturated rings. The van der Waals surface area contributed by atoms with Crippen LogP contribution in [0.2, 0.25) is 0 Å². The molecule has 1 aromatic carbocycles. The van der Waals surface area contributed by atoms with Crippen LogP contribution in [0.1, 0.15) is 23.8 Å². The van der Waals surface area contributed by atoms with E-state index in [0.29, 0.717) is 23.5 Å². The van der Waals surface area contributed by atoms with E-state index in [2.05, 4.69) is 0 Å². The highest BCUT2D eigenvalue weighted by atomic mass is 16.5. The van der Waals surface area contributed by atoms with Crippen molar-refractivity contribution in [3.05, 3.63) is 63.7 Å². The van der Waals surface area contributed by atoms with Crippen molar-refractivity contribution < 1.29 is 9.15 Å². The maximum Gasteiger partial charge on any atom is 0.343 e. The van der Waals surface area contributed by atoms with Crippen LogP contribution in [-0.4, -0.2) is 0 Å². The van der Waals surface area contributed by atoms with Crippen molar-refractivity contribution in [1.82, 2.24) is 0 Å². The number of benzene rings is 1. The van der Waals surface area contributed by atoms with Crippen molar-refractivity contribution in [3.8, 4) is 5.75 Å². The summed E-state index contributed by atoms with van der Waals surface area (Å²) in [4.78, 5) is 11.8. The fourth-order valence-electron chi connectivity index (χ4n) is 2.43. The zero-order valence-electron chi connectivity index (χ0n) is 10.4. The minimum absolute atomic E-state index is 0.287. The number of ether oxygens (including phenoxy) is 1. The molecule has 0 saturated heterocycles. The highest BCUT2D eigenvalue weighted by molar-refractivity contribution is 5.40.